The van der Waals surface area contributed by atoms with Crippen molar-refractivity contribution in [3.8, 4) is 0 Å². The zero-order valence-corrected chi connectivity index (χ0v) is 12.4. The van der Waals surface area contributed by atoms with Crippen LogP contribution in [-0.2, 0) is 9.47 Å². The first kappa shape index (κ1) is 13.8. The largest absolute Gasteiger partial charge is 0.483 e. The number of methoxy groups -OCH3 is 2. The summed E-state index contributed by atoms with van der Waals surface area (Å²) in [5.74, 6) is 1.65. The molecule has 2 atom stereocenters. The van der Waals surface area contributed by atoms with E-state index in [0.29, 0.717) is 24.1 Å². The normalized spacial score (nSPS) is 30.3. The molecule has 0 aromatic carbocycles. The van der Waals surface area contributed by atoms with Gasteiger partial charge in [0.15, 0.2) is 5.54 Å². The molecular weight excluding hydrogens is 240 g/mol. The van der Waals surface area contributed by atoms with E-state index < -0.39 is 5.54 Å². The molecule has 0 fully saturated rings. The molecule has 1 aliphatic carbocycles. The van der Waals surface area contributed by atoms with Gasteiger partial charge in [-0.1, -0.05) is 20.4 Å². The van der Waals surface area contributed by atoms with Crippen molar-refractivity contribution in [2.75, 3.05) is 14.2 Å². The third kappa shape index (κ3) is 2.20. The van der Waals surface area contributed by atoms with E-state index in [2.05, 4.69) is 26.5 Å². The quantitative estimate of drug-likeness (QED) is 0.729. The maximum Gasteiger partial charge on any atom is 0.217 e. The van der Waals surface area contributed by atoms with E-state index in [4.69, 9.17) is 19.5 Å². The minimum absolute atomic E-state index is 0.0758. The van der Waals surface area contributed by atoms with E-state index in [-0.39, 0.29) is 6.04 Å². The van der Waals surface area contributed by atoms with Crippen molar-refractivity contribution >= 4 is 11.8 Å². The molecule has 0 aromatic rings. The first-order valence-corrected chi connectivity index (χ1v) is 6.57. The maximum atomic E-state index is 5.50. The van der Waals surface area contributed by atoms with Crippen LogP contribution in [0.5, 0.6) is 0 Å². The lowest BCUT2D eigenvalue weighted by molar-refractivity contribution is 0.320. The second kappa shape index (κ2) is 4.83. The molecule has 0 radical (unpaired) electrons. The summed E-state index contributed by atoms with van der Waals surface area (Å²) >= 11 is 0. The van der Waals surface area contributed by atoms with Crippen molar-refractivity contribution < 1.29 is 9.47 Å². The van der Waals surface area contributed by atoms with Crippen molar-refractivity contribution in [1.82, 2.24) is 0 Å². The highest BCUT2D eigenvalue weighted by atomic mass is 16.5. The predicted molar refractivity (Wildman–Crippen MR) is 77.8 cm³/mol. The smallest absolute Gasteiger partial charge is 0.217 e. The lowest BCUT2D eigenvalue weighted by Gasteiger charge is -2.32. The lowest BCUT2D eigenvalue weighted by atomic mass is 9.94. The monoisotopic (exact) mass is 262 g/mol. The summed E-state index contributed by atoms with van der Waals surface area (Å²) in [7, 11) is 3.30. The van der Waals surface area contributed by atoms with Crippen LogP contribution in [0.4, 0.5) is 0 Å². The minimum Gasteiger partial charge on any atom is -0.483 e. The van der Waals surface area contributed by atoms with Gasteiger partial charge in [-0.05, 0) is 30.1 Å². The second-order valence-electron chi connectivity index (χ2n) is 5.51. The van der Waals surface area contributed by atoms with E-state index in [9.17, 15) is 0 Å². The zero-order chi connectivity index (χ0) is 14.2. The van der Waals surface area contributed by atoms with Gasteiger partial charge in [-0.25, -0.2) is 9.98 Å². The summed E-state index contributed by atoms with van der Waals surface area (Å²) in [6.07, 6.45) is 2.79. The van der Waals surface area contributed by atoms with Crippen LogP contribution in [0.3, 0.4) is 0 Å². The highest BCUT2D eigenvalue weighted by Crippen LogP contribution is 2.39. The van der Waals surface area contributed by atoms with Crippen LogP contribution in [-0.4, -0.2) is 37.6 Å². The summed E-state index contributed by atoms with van der Waals surface area (Å²) < 4.78 is 10.9. The van der Waals surface area contributed by atoms with Crippen LogP contribution in [0, 0.1) is 5.92 Å². The SMILES string of the molecule is C=C1C[C@]2(C=C1C)N=C(OC)[C@@H](C(C)C)N=C2OC. The van der Waals surface area contributed by atoms with Crippen LogP contribution in [0.15, 0.2) is 33.8 Å². The molecule has 2 rings (SSSR count). The number of ether oxygens (including phenoxy) is 2. The minimum atomic E-state index is -0.549. The molecule has 0 unspecified atom stereocenters. The number of aliphatic imine (C=N–C) groups is 2. The zero-order valence-electron chi connectivity index (χ0n) is 12.4. The number of hydrogen-bond acceptors (Lipinski definition) is 4. The van der Waals surface area contributed by atoms with E-state index in [1.165, 1.54) is 0 Å². The molecule has 1 spiro atoms. The summed E-state index contributed by atoms with van der Waals surface area (Å²) in [5.41, 5.74) is 1.67. The highest BCUT2D eigenvalue weighted by molar-refractivity contribution is 5.99. The Morgan fingerprint density at radius 1 is 1.37 bits per heavy atom. The molecule has 4 nitrogen and oxygen atoms in total. The highest BCUT2D eigenvalue weighted by Gasteiger charge is 2.45. The molecule has 0 bridgehead atoms. The molecule has 4 heteroatoms. The number of rotatable bonds is 1. The second-order valence-corrected chi connectivity index (χ2v) is 5.51. The Labute approximate surface area is 114 Å². The molecular formula is C15H22N2O2. The van der Waals surface area contributed by atoms with E-state index in [0.717, 1.165) is 11.1 Å². The van der Waals surface area contributed by atoms with Gasteiger partial charge in [0, 0.05) is 6.42 Å². The molecule has 0 N–H and O–H groups in total. The molecule has 1 aliphatic heterocycles. The molecule has 104 valence electrons. The summed E-state index contributed by atoms with van der Waals surface area (Å²) in [5, 5.41) is 0. The van der Waals surface area contributed by atoms with Crippen LogP contribution in [0.25, 0.3) is 0 Å². The Hall–Kier alpha value is -1.58. The van der Waals surface area contributed by atoms with Gasteiger partial charge >= 0.3 is 0 Å². The van der Waals surface area contributed by atoms with Crippen molar-refractivity contribution in [2.24, 2.45) is 15.9 Å². The van der Waals surface area contributed by atoms with Gasteiger partial charge in [0.1, 0.15) is 6.04 Å². The Morgan fingerprint density at radius 2 is 2.05 bits per heavy atom. The Morgan fingerprint density at radius 3 is 2.47 bits per heavy atom. The van der Waals surface area contributed by atoms with Crippen molar-refractivity contribution in [1.29, 1.82) is 0 Å². The maximum absolute atomic E-state index is 5.50. The van der Waals surface area contributed by atoms with Gasteiger partial charge < -0.3 is 9.47 Å². The molecule has 2 aliphatic rings. The van der Waals surface area contributed by atoms with Gasteiger partial charge in [0.25, 0.3) is 0 Å². The Kier molecular flexibility index (Phi) is 3.52. The fraction of sp³-hybridized carbons (Fsp3) is 0.600. The lowest BCUT2D eigenvalue weighted by Crippen LogP contribution is -2.44. The molecule has 0 saturated heterocycles. The number of hydrogen-bond donors (Lipinski definition) is 0. The van der Waals surface area contributed by atoms with Gasteiger partial charge in [0.2, 0.25) is 11.8 Å². The average Bonchev–Trinajstić information content (AvgIpc) is 2.64. The fourth-order valence-electron chi connectivity index (χ4n) is 2.62. The van der Waals surface area contributed by atoms with Crippen LogP contribution < -0.4 is 0 Å². The van der Waals surface area contributed by atoms with Crippen molar-refractivity contribution in [3.63, 3.8) is 0 Å². The standard InChI is InChI=1S/C15H22N2O2/c1-9(2)12-13(18-5)17-15(14(16-12)19-6)7-10(3)11(4)8-15/h8-9,12H,3,7H2,1-2,4-6H3/t12-,15-/m1/s1. The van der Waals surface area contributed by atoms with E-state index in [1.807, 2.05) is 6.92 Å². The Balaban J connectivity index is 2.49. The van der Waals surface area contributed by atoms with Crippen LogP contribution >= 0.6 is 0 Å². The fourth-order valence-corrected chi connectivity index (χ4v) is 2.62. The van der Waals surface area contributed by atoms with Gasteiger partial charge in [-0.2, -0.15) is 0 Å². The number of allylic oxidation sites excluding steroid dienone is 1. The third-order valence-electron chi connectivity index (χ3n) is 3.72. The van der Waals surface area contributed by atoms with Crippen molar-refractivity contribution in [3.05, 3.63) is 23.8 Å². The summed E-state index contributed by atoms with van der Waals surface area (Å²) in [4.78, 5) is 9.50. The predicted octanol–water partition coefficient (Wildman–Crippen LogP) is 2.76. The first-order valence-electron chi connectivity index (χ1n) is 6.57. The van der Waals surface area contributed by atoms with Crippen molar-refractivity contribution in [2.45, 2.75) is 38.8 Å². The molecule has 0 saturated carbocycles. The molecule has 1 heterocycles. The average molecular weight is 262 g/mol. The summed E-state index contributed by atoms with van der Waals surface area (Å²) in [6, 6.07) is -0.0758. The topological polar surface area (TPSA) is 43.2 Å². The molecule has 0 amide bonds. The van der Waals surface area contributed by atoms with Crippen LogP contribution in [0.2, 0.25) is 0 Å². The molecule has 0 aromatic heterocycles. The van der Waals surface area contributed by atoms with Crippen LogP contribution in [0.1, 0.15) is 27.2 Å². The van der Waals surface area contributed by atoms with Gasteiger partial charge in [-0.15, -0.1) is 0 Å². The van der Waals surface area contributed by atoms with E-state index >= 15 is 0 Å². The first-order chi connectivity index (χ1) is 8.93. The number of nitrogens with zero attached hydrogens (tertiary/aromatic N) is 2. The van der Waals surface area contributed by atoms with E-state index in [1.54, 1.807) is 14.2 Å². The molecule has 19 heavy (non-hydrogen) atoms. The summed E-state index contributed by atoms with van der Waals surface area (Å²) in [6.45, 7) is 10.3. The third-order valence-corrected chi connectivity index (χ3v) is 3.72. The van der Waals surface area contributed by atoms with Gasteiger partial charge in [0.05, 0.1) is 14.2 Å². The van der Waals surface area contributed by atoms with Gasteiger partial charge in [-0.3, -0.25) is 0 Å². The Bertz CT molecular complexity index is 488.